The van der Waals surface area contributed by atoms with Crippen LogP contribution in [0.2, 0.25) is 0 Å². The third kappa shape index (κ3) is 4.49. The van der Waals surface area contributed by atoms with E-state index in [0.717, 1.165) is 19.3 Å². The molecule has 10 heteroatoms. The van der Waals surface area contributed by atoms with Gasteiger partial charge >= 0.3 is 0 Å². The van der Waals surface area contributed by atoms with Crippen molar-refractivity contribution in [1.29, 1.82) is 10.5 Å². The maximum atomic E-state index is 12.8. The fourth-order valence-electron chi connectivity index (χ4n) is 3.63. The average molecular weight is 430 g/mol. The topological polar surface area (TPSA) is 148 Å². The van der Waals surface area contributed by atoms with Crippen molar-refractivity contribution in [1.82, 2.24) is 19.9 Å². The Labute approximate surface area is 185 Å². The molecular weight excluding hydrogens is 408 g/mol. The van der Waals surface area contributed by atoms with Crippen molar-refractivity contribution in [3.8, 4) is 23.4 Å². The lowest BCUT2D eigenvalue weighted by molar-refractivity contribution is -0.131. The molecule has 2 aliphatic rings. The van der Waals surface area contributed by atoms with Gasteiger partial charge in [-0.1, -0.05) is 0 Å². The summed E-state index contributed by atoms with van der Waals surface area (Å²) < 4.78 is 0. The molecule has 0 radical (unpaired) electrons. The van der Waals surface area contributed by atoms with Crippen LogP contribution in [0.15, 0.2) is 24.7 Å². The molecule has 2 atom stereocenters. The minimum atomic E-state index is -0.640. The van der Waals surface area contributed by atoms with Gasteiger partial charge in [-0.2, -0.15) is 10.5 Å². The van der Waals surface area contributed by atoms with E-state index in [0.29, 0.717) is 35.7 Å². The summed E-state index contributed by atoms with van der Waals surface area (Å²) in [5.74, 6) is 0.205. The predicted molar refractivity (Wildman–Crippen MR) is 115 cm³/mol. The summed E-state index contributed by atoms with van der Waals surface area (Å²) in [6.45, 7) is 2.24. The summed E-state index contributed by atoms with van der Waals surface area (Å²) in [6, 6.07) is 4.82. The van der Waals surface area contributed by atoms with E-state index in [1.165, 1.54) is 18.6 Å². The summed E-state index contributed by atoms with van der Waals surface area (Å²) in [4.78, 5) is 39.0. The number of nitrogens with zero attached hydrogens (tertiary/aromatic N) is 6. The molecule has 1 saturated heterocycles. The highest BCUT2D eigenvalue weighted by atomic mass is 16.2. The molecule has 162 valence electrons. The van der Waals surface area contributed by atoms with Crippen LogP contribution in [0.5, 0.6) is 0 Å². The average Bonchev–Trinajstić information content (AvgIpc) is 3.56. The van der Waals surface area contributed by atoms with E-state index in [9.17, 15) is 20.1 Å². The Bertz CT molecular complexity index is 1110. The standard InChI is InChI=1S/C22H22N8O2/c1-13(22(32)30-6-2-3-16(30)8-23)28-17-7-15(10-25-18(17)9-24)19-11-27-20(12-26-19)29-21(31)14-4-5-14/h7,10-14,16,28H,2-6H2,1H3,(H,27,29,31). The van der Waals surface area contributed by atoms with Gasteiger partial charge in [-0.25, -0.2) is 9.97 Å². The van der Waals surface area contributed by atoms with E-state index in [1.54, 1.807) is 17.9 Å². The molecule has 1 aliphatic carbocycles. The first kappa shape index (κ1) is 21.2. The fraction of sp³-hybridized carbons (Fsp3) is 0.409. The third-order valence-corrected chi connectivity index (χ3v) is 5.57. The van der Waals surface area contributed by atoms with Crippen LogP contribution in [0.3, 0.4) is 0 Å². The van der Waals surface area contributed by atoms with Crippen molar-refractivity contribution in [3.05, 3.63) is 30.4 Å². The molecule has 2 N–H and O–H groups in total. The molecule has 1 aliphatic heterocycles. The first-order valence-corrected chi connectivity index (χ1v) is 10.5. The van der Waals surface area contributed by atoms with Gasteiger partial charge in [0.1, 0.15) is 18.2 Å². The molecule has 2 unspecified atom stereocenters. The second-order valence-electron chi connectivity index (χ2n) is 7.97. The molecule has 0 aromatic carbocycles. The van der Waals surface area contributed by atoms with Gasteiger partial charge in [-0.05, 0) is 38.7 Å². The van der Waals surface area contributed by atoms with Gasteiger partial charge in [0, 0.05) is 24.2 Å². The molecule has 1 saturated carbocycles. The van der Waals surface area contributed by atoms with E-state index in [4.69, 9.17) is 0 Å². The second-order valence-corrected chi connectivity index (χ2v) is 7.97. The minimum absolute atomic E-state index is 0.0473. The molecule has 2 fully saturated rings. The highest BCUT2D eigenvalue weighted by Crippen LogP contribution is 2.30. The Morgan fingerprint density at radius 2 is 1.97 bits per heavy atom. The predicted octanol–water partition coefficient (Wildman–Crippen LogP) is 2.07. The highest BCUT2D eigenvalue weighted by Gasteiger charge is 2.32. The number of hydrogen-bond donors (Lipinski definition) is 2. The first-order chi connectivity index (χ1) is 15.5. The smallest absolute Gasteiger partial charge is 0.245 e. The molecule has 10 nitrogen and oxygen atoms in total. The first-order valence-electron chi connectivity index (χ1n) is 10.5. The van der Waals surface area contributed by atoms with Crippen molar-refractivity contribution in [2.24, 2.45) is 5.92 Å². The van der Waals surface area contributed by atoms with E-state index in [2.05, 4.69) is 31.7 Å². The molecular formula is C22H22N8O2. The van der Waals surface area contributed by atoms with Gasteiger partial charge in [0.25, 0.3) is 0 Å². The van der Waals surface area contributed by atoms with Gasteiger partial charge in [-0.3, -0.25) is 14.6 Å². The molecule has 2 amide bonds. The number of hydrogen-bond acceptors (Lipinski definition) is 8. The van der Waals surface area contributed by atoms with E-state index in [-0.39, 0.29) is 23.4 Å². The maximum absolute atomic E-state index is 12.8. The van der Waals surface area contributed by atoms with Crippen molar-refractivity contribution in [3.63, 3.8) is 0 Å². The third-order valence-electron chi connectivity index (χ3n) is 5.57. The molecule has 2 aromatic heterocycles. The summed E-state index contributed by atoms with van der Waals surface area (Å²) in [7, 11) is 0. The van der Waals surface area contributed by atoms with Crippen LogP contribution in [-0.2, 0) is 9.59 Å². The van der Waals surface area contributed by atoms with E-state index in [1.807, 2.05) is 6.07 Å². The number of pyridine rings is 1. The van der Waals surface area contributed by atoms with Crippen LogP contribution >= 0.6 is 0 Å². The van der Waals surface area contributed by atoms with Crippen molar-refractivity contribution < 1.29 is 9.59 Å². The molecule has 2 aromatic rings. The zero-order valence-electron chi connectivity index (χ0n) is 17.6. The van der Waals surface area contributed by atoms with Gasteiger partial charge in [0.2, 0.25) is 11.8 Å². The van der Waals surface area contributed by atoms with Crippen LogP contribution in [-0.4, -0.2) is 50.3 Å². The maximum Gasteiger partial charge on any atom is 0.245 e. The SMILES string of the molecule is CC(Nc1cc(-c2cnc(NC(=O)C3CC3)cn2)cnc1C#N)C(=O)N1CCCC1C#N. The number of carbonyl (C=O) groups excluding carboxylic acids is 2. The van der Waals surface area contributed by atoms with Gasteiger partial charge < -0.3 is 15.5 Å². The Morgan fingerprint density at radius 1 is 1.16 bits per heavy atom. The fourth-order valence-corrected chi connectivity index (χ4v) is 3.63. The van der Waals surface area contributed by atoms with Crippen molar-refractivity contribution in [2.75, 3.05) is 17.2 Å². The van der Waals surface area contributed by atoms with Crippen LogP contribution < -0.4 is 10.6 Å². The largest absolute Gasteiger partial charge is 0.372 e. The molecule has 0 spiro atoms. The number of anilines is 2. The van der Waals surface area contributed by atoms with Crippen LogP contribution in [0.1, 0.15) is 38.3 Å². The molecule has 0 bridgehead atoms. The Morgan fingerprint density at radius 3 is 2.62 bits per heavy atom. The lowest BCUT2D eigenvalue weighted by Crippen LogP contribution is -2.43. The number of amides is 2. The zero-order chi connectivity index (χ0) is 22.7. The minimum Gasteiger partial charge on any atom is -0.372 e. The van der Waals surface area contributed by atoms with Gasteiger partial charge in [0.05, 0.1) is 29.8 Å². The van der Waals surface area contributed by atoms with Gasteiger partial charge in [-0.15, -0.1) is 0 Å². The number of rotatable bonds is 6. The monoisotopic (exact) mass is 430 g/mol. The Hall–Kier alpha value is -4.05. The summed E-state index contributed by atoms with van der Waals surface area (Å²) in [5.41, 5.74) is 1.66. The summed E-state index contributed by atoms with van der Waals surface area (Å²) in [5, 5.41) is 24.5. The number of likely N-dealkylation sites (tertiary alicyclic amines) is 1. The van der Waals surface area contributed by atoms with Crippen LogP contribution in [0.4, 0.5) is 11.5 Å². The van der Waals surface area contributed by atoms with Gasteiger partial charge in [0.15, 0.2) is 11.5 Å². The second kappa shape index (κ2) is 8.98. The zero-order valence-corrected chi connectivity index (χ0v) is 17.6. The number of aromatic nitrogens is 3. The summed E-state index contributed by atoms with van der Waals surface area (Å²) in [6.07, 6.45) is 7.78. The van der Waals surface area contributed by atoms with Crippen LogP contribution in [0.25, 0.3) is 11.3 Å². The molecule has 32 heavy (non-hydrogen) atoms. The van der Waals surface area contributed by atoms with E-state index >= 15 is 0 Å². The highest BCUT2D eigenvalue weighted by molar-refractivity contribution is 5.93. The normalized spacial score (nSPS) is 18.3. The Balaban J connectivity index is 1.50. The number of nitrogens with one attached hydrogen (secondary N) is 2. The van der Waals surface area contributed by atoms with Crippen molar-refractivity contribution in [2.45, 2.75) is 44.7 Å². The van der Waals surface area contributed by atoms with Crippen molar-refractivity contribution >= 4 is 23.3 Å². The number of nitriles is 2. The van der Waals surface area contributed by atoms with E-state index < -0.39 is 12.1 Å². The quantitative estimate of drug-likeness (QED) is 0.708. The Kier molecular flexibility index (Phi) is 5.95. The number of carbonyl (C=O) groups is 2. The lowest BCUT2D eigenvalue weighted by atomic mass is 10.1. The lowest BCUT2D eigenvalue weighted by Gasteiger charge is -2.24. The summed E-state index contributed by atoms with van der Waals surface area (Å²) >= 11 is 0. The molecule has 3 heterocycles. The molecule has 4 rings (SSSR count). The van der Waals surface area contributed by atoms with Crippen LogP contribution in [0, 0.1) is 28.6 Å².